The monoisotopic (exact) mass is 628 g/mol. The fourth-order valence-corrected chi connectivity index (χ4v) is 8.04. The van der Waals surface area contributed by atoms with Crippen LogP contribution in [0.5, 0.6) is 0 Å². The molecule has 0 N–H and O–H groups in total. The van der Waals surface area contributed by atoms with E-state index in [9.17, 15) is 0 Å². The number of hydrogen-bond donors (Lipinski definition) is 0. The van der Waals surface area contributed by atoms with Crippen LogP contribution in [0.1, 0.15) is 25.0 Å². The Morgan fingerprint density at radius 3 is 2.04 bits per heavy atom. The molecule has 0 saturated carbocycles. The SMILES string of the molecule is CC1(C)c2ccccc2-c2ccc(N(c3ccccc3)c3cc4c5c(cccc5c3)-c3nc(-c5cccc(-c6ccccc6)c5)oc3-4)cc21. The van der Waals surface area contributed by atoms with Crippen LogP contribution in [-0.4, -0.2) is 4.98 Å². The smallest absolute Gasteiger partial charge is 0.227 e. The number of nitrogens with zero attached hydrogens (tertiary/aromatic N) is 2. The minimum Gasteiger partial charge on any atom is -0.435 e. The van der Waals surface area contributed by atoms with Gasteiger partial charge in [-0.3, -0.25) is 0 Å². The van der Waals surface area contributed by atoms with Crippen LogP contribution in [0.4, 0.5) is 17.1 Å². The van der Waals surface area contributed by atoms with Crippen LogP contribution in [0.25, 0.3) is 67.1 Å². The molecule has 0 amide bonds. The molecule has 8 aromatic rings. The van der Waals surface area contributed by atoms with E-state index in [1.54, 1.807) is 0 Å². The number of hydrogen-bond acceptors (Lipinski definition) is 3. The molecular weight excluding hydrogens is 597 g/mol. The Hall–Kier alpha value is -6.19. The molecule has 2 aliphatic carbocycles. The number of fused-ring (bicyclic) bond motifs is 6. The van der Waals surface area contributed by atoms with Crippen molar-refractivity contribution in [2.45, 2.75) is 19.3 Å². The average Bonchev–Trinajstić information content (AvgIpc) is 3.79. The van der Waals surface area contributed by atoms with Crippen molar-refractivity contribution in [2.75, 3.05) is 4.90 Å². The lowest BCUT2D eigenvalue weighted by atomic mass is 9.82. The summed E-state index contributed by atoms with van der Waals surface area (Å²) in [6.45, 7) is 4.68. The Kier molecular flexibility index (Phi) is 5.92. The van der Waals surface area contributed by atoms with Gasteiger partial charge in [-0.1, -0.05) is 123 Å². The van der Waals surface area contributed by atoms with E-state index < -0.39 is 0 Å². The van der Waals surface area contributed by atoms with Crippen LogP contribution in [0, 0.1) is 0 Å². The zero-order chi connectivity index (χ0) is 32.7. The van der Waals surface area contributed by atoms with E-state index in [4.69, 9.17) is 9.40 Å². The van der Waals surface area contributed by atoms with E-state index in [0.29, 0.717) is 5.89 Å². The van der Waals surface area contributed by atoms with Gasteiger partial charge in [-0.2, -0.15) is 0 Å². The largest absolute Gasteiger partial charge is 0.435 e. The van der Waals surface area contributed by atoms with Crippen LogP contribution >= 0.6 is 0 Å². The molecule has 10 rings (SSSR count). The van der Waals surface area contributed by atoms with Crippen LogP contribution < -0.4 is 4.90 Å². The van der Waals surface area contributed by atoms with Gasteiger partial charge in [0.05, 0.1) is 0 Å². The minimum absolute atomic E-state index is 0.0976. The van der Waals surface area contributed by atoms with Crippen molar-refractivity contribution in [3.8, 4) is 56.3 Å². The second-order valence-electron chi connectivity index (χ2n) is 13.6. The topological polar surface area (TPSA) is 29.3 Å². The molecule has 0 atom stereocenters. The molecule has 232 valence electrons. The summed E-state index contributed by atoms with van der Waals surface area (Å²) in [7, 11) is 0. The first kappa shape index (κ1) is 27.9. The first-order chi connectivity index (χ1) is 24.0. The van der Waals surface area contributed by atoms with Gasteiger partial charge in [0, 0.05) is 44.6 Å². The Bertz CT molecular complexity index is 2580. The highest BCUT2D eigenvalue weighted by atomic mass is 16.4. The molecule has 7 aromatic carbocycles. The Labute approximate surface area is 285 Å². The van der Waals surface area contributed by atoms with Crippen molar-refractivity contribution in [3.05, 3.63) is 169 Å². The second kappa shape index (κ2) is 10.4. The predicted molar refractivity (Wildman–Crippen MR) is 202 cm³/mol. The summed E-state index contributed by atoms with van der Waals surface area (Å²) < 4.78 is 6.72. The average molecular weight is 629 g/mol. The lowest BCUT2D eigenvalue weighted by Crippen LogP contribution is -2.16. The highest BCUT2D eigenvalue weighted by Crippen LogP contribution is 2.53. The van der Waals surface area contributed by atoms with Crippen molar-refractivity contribution < 1.29 is 4.42 Å². The van der Waals surface area contributed by atoms with Crippen molar-refractivity contribution in [2.24, 2.45) is 0 Å². The van der Waals surface area contributed by atoms with Crippen LogP contribution in [0.15, 0.2) is 162 Å². The van der Waals surface area contributed by atoms with Crippen molar-refractivity contribution in [1.82, 2.24) is 4.98 Å². The molecule has 1 heterocycles. The summed E-state index contributed by atoms with van der Waals surface area (Å²) in [4.78, 5) is 7.50. The molecule has 0 aliphatic heterocycles. The molecule has 2 aliphatic rings. The molecule has 0 spiro atoms. The number of anilines is 3. The summed E-state index contributed by atoms with van der Waals surface area (Å²) in [5, 5.41) is 2.36. The van der Waals surface area contributed by atoms with E-state index >= 15 is 0 Å². The van der Waals surface area contributed by atoms with E-state index in [2.05, 4.69) is 170 Å². The van der Waals surface area contributed by atoms with Gasteiger partial charge in [0.15, 0.2) is 5.76 Å². The molecule has 49 heavy (non-hydrogen) atoms. The number of para-hydroxylation sites is 1. The van der Waals surface area contributed by atoms with E-state index in [1.165, 1.54) is 38.6 Å². The third kappa shape index (κ3) is 4.19. The zero-order valence-corrected chi connectivity index (χ0v) is 27.3. The van der Waals surface area contributed by atoms with Crippen molar-refractivity contribution in [3.63, 3.8) is 0 Å². The van der Waals surface area contributed by atoms with Gasteiger partial charge in [-0.15, -0.1) is 0 Å². The molecule has 0 radical (unpaired) electrons. The number of oxazole rings is 1. The summed E-state index contributed by atoms with van der Waals surface area (Å²) in [6, 6.07) is 56.4. The first-order valence-corrected chi connectivity index (χ1v) is 16.9. The zero-order valence-electron chi connectivity index (χ0n) is 27.3. The third-order valence-corrected chi connectivity index (χ3v) is 10.4. The van der Waals surface area contributed by atoms with Gasteiger partial charge in [0.25, 0.3) is 0 Å². The highest BCUT2D eigenvalue weighted by Gasteiger charge is 2.36. The predicted octanol–water partition coefficient (Wildman–Crippen LogP) is 12.6. The molecule has 0 unspecified atom stereocenters. The van der Waals surface area contributed by atoms with Crippen LogP contribution in [-0.2, 0) is 5.41 Å². The van der Waals surface area contributed by atoms with E-state index in [1.807, 2.05) is 6.07 Å². The van der Waals surface area contributed by atoms with E-state index in [0.717, 1.165) is 50.8 Å². The van der Waals surface area contributed by atoms with Gasteiger partial charge in [-0.05, 0) is 87.3 Å². The number of rotatable bonds is 5. The molecule has 0 bridgehead atoms. The van der Waals surface area contributed by atoms with Crippen LogP contribution in [0.2, 0.25) is 0 Å². The molecular formula is C46H32N2O. The number of aromatic nitrogens is 1. The Balaban J connectivity index is 1.13. The van der Waals surface area contributed by atoms with E-state index in [-0.39, 0.29) is 5.41 Å². The normalized spacial score (nSPS) is 13.3. The summed E-state index contributed by atoms with van der Waals surface area (Å²) >= 11 is 0. The maximum absolute atomic E-state index is 6.72. The lowest BCUT2D eigenvalue weighted by molar-refractivity contribution is 0.590. The first-order valence-electron chi connectivity index (χ1n) is 16.9. The summed E-state index contributed by atoms with van der Waals surface area (Å²) in [6.07, 6.45) is 0. The van der Waals surface area contributed by atoms with Crippen molar-refractivity contribution in [1.29, 1.82) is 0 Å². The van der Waals surface area contributed by atoms with Gasteiger partial charge in [0.2, 0.25) is 5.89 Å². The molecule has 3 nitrogen and oxygen atoms in total. The fourth-order valence-electron chi connectivity index (χ4n) is 8.04. The maximum atomic E-state index is 6.72. The maximum Gasteiger partial charge on any atom is 0.227 e. The van der Waals surface area contributed by atoms with Crippen LogP contribution in [0.3, 0.4) is 0 Å². The molecule has 0 saturated heterocycles. The second-order valence-corrected chi connectivity index (χ2v) is 13.6. The fraction of sp³-hybridized carbons (Fsp3) is 0.0652. The molecule has 1 aromatic heterocycles. The third-order valence-electron chi connectivity index (χ3n) is 10.4. The summed E-state index contributed by atoms with van der Waals surface area (Å²) in [5.41, 5.74) is 15.0. The molecule has 3 heteroatoms. The number of benzene rings is 7. The highest BCUT2D eigenvalue weighted by molar-refractivity contribution is 6.15. The quantitative estimate of drug-likeness (QED) is 0.190. The van der Waals surface area contributed by atoms with Gasteiger partial charge in [0.1, 0.15) is 5.69 Å². The Morgan fingerprint density at radius 1 is 0.490 bits per heavy atom. The Morgan fingerprint density at radius 2 is 1.18 bits per heavy atom. The molecule has 0 fully saturated rings. The van der Waals surface area contributed by atoms with Crippen molar-refractivity contribution >= 4 is 27.8 Å². The summed E-state index contributed by atoms with van der Waals surface area (Å²) in [5.74, 6) is 1.46. The van der Waals surface area contributed by atoms with Gasteiger partial charge >= 0.3 is 0 Å². The van der Waals surface area contributed by atoms with Gasteiger partial charge < -0.3 is 9.32 Å². The lowest BCUT2D eigenvalue weighted by Gasteiger charge is -2.28. The van der Waals surface area contributed by atoms with Gasteiger partial charge in [-0.25, -0.2) is 4.98 Å². The minimum atomic E-state index is -0.0976. The standard InChI is InChI=1S/C46H32N2O/c1-46(2)40-22-10-9-20-36(40)37-24-23-34(28-41(37)46)48(33-18-7-4-8-19-33)35-26-31-16-12-21-38-42(31)39(27-35)44-43(38)47-45(49-44)32-17-11-15-30(25-32)29-13-5-3-6-14-29/h3-28H,1-2H3.